The van der Waals surface area contributed by atoms with E-state index in [0.717, 1.165) is 0 Å². The zero-order chi connectivity index (χ0) is 24.6. The minimum Gasteiger partial charge on any atom is -0.170 e. The second kappa shape index (κ2) is 7.31. The number of hydrogen-bond donors (Lipinski definition) is 0. The van der Waals surface area contributed by atoms with Crippen LogP contribution in [-0.2, 0) is 0 Å². The smallest absolute Gasteiger partial charge is 0.170 e. The van der Waals surface area contributed by atoms with Gasteiger partial charge in [-0.3, -0.25) is 0 Å². The topological polar surface area (TPSA) is 0 Å². The number of alkyl halides is 9. The van der Waals surface area contributed by atoms with Crippen LogP contribution in [-0.4, -0.2) is 18.5 Å². The van der Waals surface area contributed by atoms with E-state index < -0.39 is 71.4 Å². The fourth-order valence-electron chi connectivity index (χ4n) is 6.61. The molecule has 5 unspecified atom stereocenters. The molecule has 2 aliphatic carbocycles. The van der Waals surface area contributed by atoms with Crippen molar-refractivity contribution in [2.45, 2.75) is 79.3 Å². The second-order valence-corrected chi connectivity index (χ2v) is 11.5. The maximum absolute atomic E-state index is 14.5. The van der Waals surface area contributed by atoms with Gasteiger partial charge in [0.1, 0.15) is 0 Å². The molecule has 0 aliphatic heterocycles. The Bertz CT molecular complexity index is 670. The van der Waals surface area contributed by atoms with E-state index >= 15 is 0 Å². The molecular weight excluding hydrogens is 435 g/mol. The molecule has 0 spiro atoms. The van der Waals surface area contributed by atoms with Crippen LogP contribution in [0.15, 0.2) is 12.2 Å². The average molecular weight is 466 g/mol. The van der Waals surface area contributed by atoms with Gasteiger partial charge in [0.15, 0.2) is 5.92 Å². The van der Waals surface area contributed by atoms with Crippen LogP contribution >= 0.6 is 0 Å². The lowest BCUT2D eigenvalue weighted by molar-refractivity contribution is -0.288. The van der Waals surface area contributed by atoms with E-state index in [0.29, 0.717) is 0 Å². The molecule has 182 valence electrons. The van der Waals surface area contributed by atoms with Gasteiger partial charge in [-0.15, -0.1) is 0 Å². The third-order valence-corrected chi connectivity index (χ3v) is 7.48. The highest BCUT2D eigenvalue weighted by Gasteiger charge is 2.73. The van der Waals surface area contributed by atoms with Crippen molar-refractivity contribution in [1.29, 1.82) is 0 Å². The van der Waals surface area contributed by atoms with Crippen LogP contribution in [0.1, 0.15) is 60.8 Å². The van der Waals surface area contributed by atoms with Crippen molar-refractivity contribution in [3.63, 3.8) is 0 Å². The summed E-state index contributed by atoms with van der Waals surface area (Å²) in [5.74, 6) is -6.04. The highest BCUT2D eigenvalue weighted by Crippen LogP contribution is 2.74. The molecule has 0 saturated heterocycles. The van der Waals surface area contributed by atoms with Crippen LogP contribution in [0.2, 0.25) is 0 Å². The van der Waals surface area contributed by atoms with E-state index in [9.17, 15) is 39.5 Å². The van der Waals surface area contributed by atoms with Crippen molar-refractivity contribution in [3.05, 3.63) is 12.2 Å². The molecule has 0 nitrogen and oxygen atoms in total. The van der Waals surface area contributed by atoms with E-state index in [4.69, 9.17) is 0 Å². The van der Waals surface area contributed by atoms with Gasteiger partial charge in [-0.1, -0.05) is 53.7 Å². The molecule has 0 aromatic carbocycles. The second-order valence-electron chi connectivity index (χ2n) is 11.5. The van der Waals surface area contributed by atoms with Gasteiger partial charge >= 0.3 is 18.5 Å². The Morgan fingerprint density at radius 3 is 1.55 bits per heavy atom. The predicted octanol–water partition coefficient (Wildman–Crippen LogP) is 8.59. The van der Waals surface area contributed by atoms with Gasteiger partial charge in [0.05, 0.1) is 5.41 Å². The molecule has 31 heavy (non-hydrogen) atoms. The van der Waals surface area contributed by atoms with Gasteiger partial charge in [-0.05, 0) is 53.8 Å². The molecule has 2 aliphatic rings. The van der Waals surface area contributed by atoms with Gasteiger partial charge in [-0.2, -0.15) is 39.5 Å². The van der Waals surface area contributed by atoms with Gasteiger partial charge in [0.2, 0.25) is 0 Å². The molecule has 2 rings (SSSR count). The predicted molar refractivity (Wildman–Crippen MR) is 99.9 cm³/mol. The van der Waals surface area contributed by atoms with Gasteiger partial charge < -0.3 is 0 Å². The summed E-state index contributed by atoms with van der Waals surface area (Å²) in [6.45, 7) is 14.4. The molecule has 5 atom stereocenters. The van der Waals surface area contributed by atoms with Crippen LogP contribution in [0, 0.1) is 45.8 Å². The zero-order valence-electron chi connectivity index (χ0n) is 18.6. The van der Waals surface area contributed by atoms with E-state index in [1.165, 1.54) is 0 Å². The first-order valence-corrected chi connectivity index (χ1v) is 10.3. The standard InChI is InChI=1S/C22H31F9/c1-11(8-14(20(23,24)25)21(26,27)28)19(22(29,30)31)10-12-9-13(19)16(18(5,6)7)15(12)17(2,3)4/h12-16H,1,8-10H2,2-7H3. The minimum atomic E-state index is -5.71. The third-order valence-electron chi connectivity index (χ3n) is 7.48. The average Bonchev–Trinajstić information content (AvgIpc) is 3.04. The third kappa shape index (κ3) is 4.48. The van der Waals surface area contributed by atoms with E-state index in [1.54, 1.807) is 20.8 Å². The first-order valence-electron chi connectivity index (χ1n) is 10.3. The molecule has 0 aromatic heterocycles. The van der Waals surface area contributed by atoms with E-state index in [2.05, 4.69) is 6.58 Å². The molecule has 9 heteroatoms. The van der Waals surface area contributed by atoms with E-state index in [-0.39, 0.29) is 17.8 Å². The Morgan fingerprint density at radius 1 is 0.806 bits per heavy atom. The van der Waals surface area contributed by atoms with Gasteiger partial charge in [-0.25, -0.2) is 0 Å². The lowest BCUT2D eigenvalue weighted by atomic mass is 9.51. The molecule has 0 amide bonds. The van der Waals surface area contributed by atoms with Crippen molar-refractivity contribution in [2.24, 2.45) is 45.8 Å². The highest BCUT2D eigenvalue weighted by molar-refractivity contribution is 5.26. The van der Waals surface area contributed by atoms with Gasteiger partial charge in [0, 0.05) is 0 Å². The van der Waals surface area contributed by atoms with Crippen LogP contribution < -0.4 is 0 Å². The number of halogens is 9. The number of allylic oxidation sites excluding steroid dienone is 1. The summed E-state index contributed by atoms with van der Waals surface area (Å²) in [6, 6.07) is 0. The largest absolute Gasteiger partial charge is 0.400 e. The molecule has 0 aromatic rings. The summed E-state index contributed by atoms with van der Waals surface area (Å²) in [5.41, 5.74) is -4.70. The monoisotopic (exact) mass is 466 g/mol. The summed E-state index contributed by atoms with van der Waals surface area (Å²) in [5, 5.41) is 0. The molecule has 0 N–H and O–H groups in total. The van der Waals surface area contributed by atoms with Crippen LogP contribution in [0.5, 0.6) is 0 Å². The fourth-order valence-corrected chi connectivity index (χ4v) is 6.61. The van der Waals surface area contributed by atoms with Crippen molar-refractivity contribution in [1.82, 2.24) is 0 Å². The number of rotatable bonds is 3. The summed E-state index contributed by atoms with van der Waals surface area (Å²) in [7, 11) is 0. The van der Waals surface area contributed by atoms with E-state index in [1.807, 2.05) is 20.8 Å². The summed E-state index contributed by atoms with van der Waals surface area (Å²) in [4.78, 5) is 0. The Morgan fingerprint density at radius 2 is 1.23 bits per heavy atom. The Balaban J connectivity index is 2.58. The summed E-state index contributed by atoms with van der Waals surface area (Å²) in [6.07, 6.45) is -18.6. The van der Waals surface area contributed by atoms with Crippen molar-refractivity contribution in [3.8, 4) is 0 Å². The first kappa shape index (κ1) is 26.4. The Labute approximate surface area is 177 Å². The number of hydrogen-bond acceptors (Lipinski definition) is 0. The molecule has 2 bridgehead atoms. The van der Waals surface area contributed by atoms with Gasteiger partial charge in [0.25, 0.3) is 0 Å². The first-order chi connectivity index (χ1) is 13.5. The quantitative estimate of drug-likeness (QED) is 0.289. The molecular formula is C22H31F9. The lowest BCUT2D eigenvalue weighted by Gasteiger charge is -2.54. The highest BCUT2D eigenvalue weighted by atomic mass is 19.4. The maximum Gasteiger partial charge on any atom is 0.400 e. The molecule has 0 heterocycles. The Kier molecular flexibility index (Phi) is 6.21. The zero-order valence-corrected chi connectivity index (χ0v) is 18.6. The summed E-state index contributed by atoms with van der Waals surface area (Å²) >= 11 is 0. The fraction of sp³-hybridized carbons (Fsp3) is 0.909. The SMILES string of the molecule is C=C(CC(C(F)(F)F)C(F)(F)F)C1(C(F)(F)F)CC2CC1C(C(C)(C)C)C2C(C)(C)C. The van der Waals surface area contributed by atoms with Crippen LogP contribution in [0.25, 0.3) is 0 Å². The lowest BCUT2D eigenvalue weighted by Crippen LogP contribution is -2.54. The normalized spacial score (nSPS) is 32.8. The molecule has 2 saturated carbocycles. The summed E-state index contributed by atoms with van der Waals surface area (Å²) < 4.78 is 122. The van der Waals surface area contributed by atoms with Crippen molar-refractivity contribution in [2.75, 3.05) is 0 Å². The maximum atomic E-state index is 14.5. The van der Waals surface area contributed by atoms with Crippen molar-refractivity contribution < 1.29 is 39.5 Å². The molecule has 0 radical (unpaired) electrons. The van der Waals surface area contributed by atoms with Crippen LogP contribution in [0.4, 0.5) is 39.5 Å². The molecule has 2 fully saturated rings. The van der Waals surface area contributed by atoms with Crippen LogP contribution in [0.3, 0.4) is 0 Å². The van der Waals surface area contributed by atoms with Crippen molar-refractivity contribution >= 4 is 0 Å². The number of fused-ring (bicyclic) bond motifs is 2. The Hall–Kier alpha value is -0.890. The minimum absolute atomic E-state index is 0.123.